The molecule has 0 fully saturated rings. The molecule has 0 radical (unpaired) electrons. The summed E-state index contributed by atoms with van der Waals surface area (Å²) in [5.74, 6) is 0.551. The molecule has 1 unspecified atom stereocenters. The van der Waals surface area contributed by atoms with Crippen molar-refractivity contribution in [3.63, 3.8) is 0 Å². The van der Waals surface area contributed by atoms with Gasteiger partial charge < -0.3 is 0 Å². The van der Waals surface area contributed by atoms with Crippen molar-refractivity contribution in [2.24, 2.45) is 5.92 Å². The molecule has 2 aliphatic carbocycles. The second-order valence-electron chi connectivity index (χ2n) is 12.8. The van der Waals surface area contributed by atoms with E-state index < -0.39 is 0 Å². The first-order valence-corrected chi connectivity index (χ1v) is 15.2. The van der Waals surface area contributed by atoms with Gasteiger partial charge in [-0.2, -0.15) is 35.4 Å². The molecule has 1 atom stereocenters. The summed E-state index contributed by atoms with van der Waals surface area (Å²) in [6.45, 7) is 22.1. The zero-order valence-electron chi connectivity index (χ0n) is 25.1. The molecule has 196 valence electrons. The van der Waals surface area contributed by atoms with Crippen LogP contribution in [-0.2, 0) is 41.5 Å². The predicted molar refractivity (Wildman–Crippen MR) is 163 cm³/mol. The number of allylic oxidation sites excluding steroid dienone is 4. The summed E-state index contributed by atoms with van der Waals surface area (Å²) in [5, 5.41) is 0. The Morgan fingerprint density at radius 1 is 0.816 bits per heavy atom. The van der Waals surface area contributed by atoms with E-state index >= 15 is 0 Å². The van der Waals surface area contributed by atoms with Crippen molar-refractivity contribution in [1.82, 2.24) is 0 Å². The molecular formula is C37H44Zr. The van der Waals surface area contributed by atoms with Crippen LogP contribution in [0, 0.1) is 25.0 Å². The fourth-order valence-electron chi connectivity index (χ4n) is 4.64. The molecule has 5 rings (SSSR count). The Kier molecular flexibility index (Phi) is 9.92. The standard InChI is InChI=1S/C21H25.C8H11.C8H8.Zr/c1-20(2,3)16-9-7-14-11-15-8-10-17(21(4,5)6)13-19(15)18(14)12-16;1-6-4-7(2)8(3)5-6;1-7-3-5-8(2)6-4-7;/h7,9-10,12-13H,11H2,1-6H3;4,6H,1-3H3;1,3-6H,2H3;/q2*-1;;+2. The molecule has 0 heterocycles. The zero-order chi connectivity index (χ0) is 28.3. The van der Waals surface area contributed by atoms with E-state index in [4.69, 9.17) is 0 Å². The molecule has 0 saturated heterocycles. The first-order valence-electron chi connectivity index (χ1n) is 13.7. The second-order valence-corrected chi connectivity index (χ2v) is 13.5. The minimum absolute atomic E-state index is 0.177. The van der Waals surface area contributed by atoms with Gasteiger partial charge in [-0.1, -0.05) is 96.0 Å². The van der Waals surface area contributed by atoms with Crippen molar-refractivity contribution in [2.45, 2.75) is 86.5 Å². The van der Waals surface area contributed by atoms with E-state index in [0.717, 1.165) is 6.42 Å². The van der Waals surface area contributed by atoms with Crippen molar-refractivity contribution in [3.05, 3.63) is 117 Å². The van der Waals surface area contributed by atoms with Crippen LogP contribution in [0.5, 0.6) is 0 Å². The second kappa shape index (κ2) is 12.4. The Hall–Kier alpha value is -2.11. The Morgan fingerprint density at radius 3 is 1.89 bits per heavy atom. The van der Waals surface area contributed by atoms with Crippen LogP contribution in [0.25, 0.3) is 11.1 Å². The Morgan fingerprint density at radius 2 is 1.42 bits per heavy atom. The summed E-state index contributed by atoms with van der Waals surface area (Å²) < 4.78 is 2.19. The topological polar surface area (TPSA) is 0 Å². The monoisotopic (exact) mass is 578 g/mol. The van der Waals surface area contributed by atoms with Crippen LogP contribution in [0.3, 0.4) is 0 Å². The molecule has 0 nitrogen and oxygen atoms in total. The van der Waals surface area contributed by atoms with Gasteiger partial charge >= 0.3 is 70.3 Å². The van der Waals surface area contributed by atoms with Crippen molar-refractivity contribution in [2.75, 3.05) is 0 Å². The van der Waals surface area contributed by atoms with Gasteiger partial charge in [0.25, 0.3) is 0 Å². The normalized spacial score (nSPS) is 15.7. The Bertz CT molecular complexity index is 1260. The summed E-state index contributed by atoms with van der Waals surface area (Å²) in [7, 11) is 0. The van der Waals surface area contributed by atoms with E-state index in [1.807, 2.05) is 0 Å². The van der Waals surface area contributed by atoms with E-state index in [-0.39, 0.29) is 10.8 Å². The van der Waals surface area contributed by atoms with E-state index in [1.54, 1.807) is 0 Å². The van der Waals surface area contributed by atoms with E-state index in [1.165, 1.54) is 79.9 Å². The van der Waals surface area contributed by atoms with Gasteiger partial charge in [0.2, 0.25) is 0 Å². The molecule has 0 bridgehead atoms. The summed E-state index contributed by atoms with van der Waals surface area (Å²) in [5.41, 5.74) is 14.1. The van der Waals surface area contributed by atoms with E-state index in [0.29, 0.717) is 5.92 Å². The number of rotatable bonds is 1. The summed E-state index contributed by atoms with van der Waals surface area (Å²) >= 11 is 1.47. The third kappa shape index (κ3) is 7.96. The molecule has 0 N–H and O–H groups in total. The number of hydrogen-bond acceptors (Lipinski definition) is 0. The quantitative estimate of drug-likeness (QED) is 0.197. The Balaban J connectivity index is 0.000000193. The van der Waals surface area contributed by atoms with Crippen LogP contribution in [0.4, 0.5) is 0 Å². The number of hydrogen-bond donors (Lipinski definition) is 0. The van der Waals surface area contributed by atoms with Crippen molar-refractivity contribution in [1.29, 1.82) is 0 Å². The first kappa shape index (κ1) is 30.4. The van der Waals surface area contributed by atoms with Crippen molar-refractivity contribution >= 4 is 3.71 Å². The van der Waals surface area contributed by atoms with Crippen LogP contribution >= 0.6 is 0 Å². The van der Waals surface area contributed by atoms with Crippen LogP contribution in [-0.4, -0.2) is 3.71 Å². The molecule has 0 spiro atoms. The predicted octanol–water partition coefficient (Wildman–Crippen LogP) is 9.68. The molecule has 0 saturated carbocycles. The number of benzene rings is 3. The average molecular weight is 580 g/mol. The SMILES string of the molecule is CC(C)(C)c1c[c-]c2c(c1)-c1cc(C(C)(C)C)ccc1C2.CC1=[C-]C(C)C=C1C.Cc1ccc([CH]=[Zr+2])cc1. The number of fused-ring (bicyclic) bond motifs is 3. The van der Waals surface area contributed by atoms with Crippen molar-refractivity contribution < 1.29 is 24.2 Å². The summed E-state index contributed by atoms with van der Waals surface area (Å²) in [6.07, 6.45) is 6.55. The van der Waals surface area contributed by atoms with Gasteiger partial charge in [-0.3, -0.25) is 6.08 Å². The van der Waals surface area contributed by atoms with Gasteiger partial charge in [0.1, 0.15) is 0 Å². The van der Waals surface area contributed by atoms with Gasteiger partial charge in [0.15, 0.2) is 0 Å². The molecule has 1 heteroatoms. The fourth-order valence-corrected chi connectivity index (χ4v) is 5.12. The Labute approximate surface area is 247 Å². The van der Waals surface area contributed by atoms with Gasteiger partial charge in [-0.15, -0.1) is 12.5 Å². The molecule has 0 aliphatic heterocycles. The maximum absolute atomic E-state index is 3.53. The molecule has 0 amide bonds. The molecule has 0 aromatic heterocycles. The van der Waals surface area contributed by atoms with Gasteiger partial charge in [0, 0.05) is 0 Å². The first-order chi connectivity index (χ1) is 17.7. The molecule has 3 aromatic rings. The molecule has 2 aliphatic rings. The van der Waals surface area contributed by atoms with E-state index in [9.17, 15) is 0 Å². The third-order valence-corrected chi connectivity index (χ3v) is 8.13. The third-order valence-electron chi connectivity index (χ3n) is 7.31. The number of aryl methyl sites for hydroxylation is 1. The molecule has 38 heavy (non-hydrogen) atoms. The maximum atomic E-state index is 3.53. The van der Waals surface area contributed by atoms with Crippen LogP contribution in [0.2, 0.25) is 0 Å². The van der Waals surface area contributed by atoms with Crippen LogP contribution in [0.1, 0.15) is 95.7 Å². The van der Waals surface area contributed by atoms with Gasteiger partial charge in [0.05, 0.1) is 0 Å². The average Bonchev–Trinajstić information content (AvgIpc) is 3.35. The van der Waals surface area contributed by atoms with E-state index in [2.05, 4.69) is 146 Å². The fraction of sp³-hybridized carbons (Fsp3) is 0.378. The zero-order valence-corrected chi connectivity index (χ0v) is 27.6. The molecular weight excluding hydrogens is 536 g/mol. The van der Waals surface area contributed by atoms with Crippen LogP contribution < -0.4 is 0 Å². The summed E-state index contributed by atoms with van der Waals surface area (Å²) in [4.78, 5) is 0. The molecule has 3 aromatic carbocycles. The minimum atomic E-state index is 0.177. The van der Waals surface area contributed by atoms with Crippen LogP contribution in [0.15, 0.2) is 71.8 Å². The van der Waals surface area contributed by atoms with Gasteiger partial charge in [-0.25, -0.2) is 11.1 Å². The summed E-state index contributed by atoms with van der Waals surface area (Å²) in [6, 6.07) is 23.6. The van der Waals surface area contributed by atoms with Gasteiger partial charge in [-0.05, 0) is 17.4 Å². The van der Waals surface area contributed by atoms with Crippen molar-refractivity contribution in [3.8, 4) is 11.1 Å².